The van der Waals surface area contributed by atoms with Gasteiger partial charge in [-0.25, -0.2) is 9.78 Å². The Hall–Kier alpha value is -3.49. The van der Waals surface area contributed by atoms with Gasteiger partial charge in [-0.1, -0.05) is 17.2 Å². The van der Waals surface area contributed by atoms with E-state index in [1.165, 1.54) is 12.1 Å². The van der Waals surface area contributed by atoms with Gasteiger partial charge in [0.1, 0.15) is 0 Å². The number of nitrogens with zero attached hydrogens (tertiary/aromatic N) is 4. The monoisotopic (exact) mass is 408 g/mol. The Balaban J connectivity index is 1.44. The van der Waals surface area contributed by atoms with E-state index in [0.29, 0.717) is 5.06 Å². The number of fused-ring (bicyclic) bond motifs is 1. The Labute approximate surface area is 172 Å². The molecule has 3 amide bonds. The summed E-state index contributed by atoms with van der Waals surface area (Å²) in [6.07, 6.45) is 5.53. The third-order valence-corrected chi connectivity index (χ3v) is 5.98. The van der Waals surface area contributed by atoms with E-state index in [1.54, 1.807) is 41.2 Å². The van der Waals surface area contributed by atoms with Crippen LogP contribution in [0, 0.1) is 5.92 Å². The van der Waals surface area contributed by atoms with Gasteiger partial charge in [0.25, 0.3) is 11.8 Å². The zero-order chi connectivity index (χ0) is 21.0. The van der Waals surface area contributed by atoms with Gasteiger partial charge in [0.2, 0.25) is 5.91 Å². The van der Waals surface area contributed by atoms with Crippen LogP contribution in [0.4, 0.5) is 0 Å². The minimum absolute atomic E-state index is 0.00604. The van der Waals surface area contributed by atoms with Crippen LogP contribution in [0.3, 0.4) is 0 Å². The summed E-state index contributed by atoms with van der Waals surface area (Å²) in [5, 5.41) is 0.533. The van der Waals surface area contributed by atoms with E-state index in [9.17, 15) is 19.2 Å². The minimum Gasteiger partial charge on any atom is -0.336 e. The first-order valence-corrected chi connectivity index (χ1v) is 9.94. The van der Waals surface area contributed by atoms with Crippen molar-refractivity contribution in [1.29, 1.82) is 0 Å². The van der Waals surface area contributed by atoms with Crippen LogP contribution in [0.25, 0.3) is 0 Å². The van der Waals surface area contributed by atoms with Crippen LogP contribution in [-0.2, 0) is 21.5 Å². The molecule has 2 aliphatic heterocycles. The van der Waals surface area contributed by atoms with E-state index in [1.807, 2.05) is 0 Å². The number of aryl methyl sites for hydroxylation is 1. The fourth-order valence-corrected chi connectivity index (χ4v) is 4.35. The first kappa shape index (κ1) is 18.5. The molecule has 154 valence electrons. The lowest BCUT2D eigenvalue weighted by molar-refractivity contribution is -0.179. The highest BCUT2D eigenvalue weighted by molar-refractivity contribution is 6.20. The van der Waals surface area contributed by atoms with Crippen molar-refractivity contribution in [2.75, 3.05) is 0 Å². The van der Waals surface area contributed by atoms with Gasteiger partial charge >= 0.3 is 5.97 Å². The maximum Gasteiger partial charge on any atom is 0.338 e. The normalized spacial score (nSPS) is 23.7. The second kappa shape index (κ2) is 6.79. The summed E-state index contributed by atoms with van der Waals surface area (Å²) in [6.45, 7) is 0. The Bertz CT molecular complexity index is 1040. The number of amides is 3. The Kier molecular flexibility index (Phi) is 4.19. The van der Waals surface area contributed by atoms with E-state index >= 15 is 0 Å². The molecular formula is C21H20N4O5. The van der Waals surface area contributed by atoms with Gasteiger partial charge in [-0.05, 0) is 31.4 Å². The lowest BCUT2D eigenvalue weighted by Crippen LogP contribution is -2.48. The van der Waals surface area contributed by atoms with Crippen molar-refractivity contribution in [3.8, 4) is 0 Å². The number of carbonyl (C=O) groups excluding carboxylic acids is 4. The third-order valence-electron chi connectivity index (χ3n) is 5.98. The number of carbonyl (C=O) groups is 4. The SMILES string of the molecule is Cn1cncc1[C@@H]1[C@@H](C(=O)ON2C(=O)c3ccccc3C2=O)CCC(=O)N1C1CC1. The molecule has 0 N–H and O–H groups in total. The van der Waals surface area contributed by atoms with E-state index in [-0.39, 0.29) is 35.9 Å². The van der Waals surface area contributed by atoms with Crippen molar-refractivity contribution in [3.63, 3.8) is 0 Å². The molecule has 0 bridgehead atoms. The van der Waals surface area contributed by atoms with E-state index < -0.39 is 29.7 Å². The molecule has 1 aromatic heterocycles. The standard InChI is InChI=1S/C21H20N4O5/c1-23-11-22-10-16(23)18-15(8-9-17(26)24(18)12-6-7-12)21(29)30-25-19(27)13-4-2-3-5-14(13)20(25)28/h2-5,10-12,15,18H,6-9H2,1H3/t15-,18-/m0/s1. The van der Waals surface area contributed by atoms with Crippen LogP contribution in [-0.4, -0.2) is 49.2 Å². The highest BCUT2D eigenvalue weighted by Crippen LogP contribution is 2.44. The zero-order valence-electron chi connectivity index (χ0n) is 16.4. The maximum absolute atomic E-state index is 13.2. The molecule has 30 heavy (non-hydrogen) atoms. The summed E-state index contributed by atoms with van der Waals surface area (Å²) in [5.74, 6) is -2.73. The van der Waals surface area contributed by atoms with Crippen LogP contribution < -0.4 is 0 Å². The fourth-order valence-electron chi connectivity index (χ4n) is 4.35. The Morgan fingerprint density at radius 2 is 1.73 bits per heavy atom. The number of benzene rings is 1. The molecule has 0 radical (unpaired) electrons. The third kappa shape index (κ3) is 2.80. The average molecular weight is 408 g/mol. The van der Waals surface area contributed by atoms with Gasteiger partial charge in [0.05, 0.1) is 41.3 Å². The molecule has 3 heterocycles. The first-order chi connectivity index (χ1) is 14.5. The molecule has 1 saturated carbocycles. The van der Waals surface area contributed by atoms with E-state index in [4.69, 9.17) is 4.84 Å². The lowest BCUT2D eigenvalue weighted by atomic mass is 9.86. The molecule has 3 aliphatic rings. The zero-order valence-corrected chi connectivity index (χ0v) is 16.4. The number of piperidine rings is 1. The molecule has 2 atom stereocenters. The van der Waals surface area contributed by atoms with Gasteiger partial charge in [0.15, 0.2) is 0 Å². The second-order valence-corrected chi connectivity index (χ2v) is 7.91. The van der Waals surface area contributed by atoms with E-state index in [0.717, 1.165) is 18.5 Å². The van der Waals surface area contributed by atoms with Crippen molar-refractivity contribution in [2.24, 2.45) is 13.0 Å². The lowest BCUT2D eigenvalue weighted by Gasteiger charge is -2.40. The summed E-state index contributed by atoms with van der Waals surface area (Å²) in [4.78, 5) is 62.2. The summed E-state index contributed by atoms with van der Waals surface area (Å²) in [5.41, 5.74) is 1.13. The molecule has 0 unspecified atom stereocenters. The molecule has 1 aromatic carbocycles. The summed E-state index contributed by atoms with van der Waals surface area (Å²) in [7, 11) is 1.80. The molecule has 9 nitrogen and oxygen atoms in total. The van der Waals surface area contributed by atoms with Gasteiger partial charge in [0, 0.05) is 19.5 Å². The summed E-state index contributed by atoms with van der Waals surface area (Å²) >= 11 is 0. The molecule has 5 rings (SSSR count). The summed E-state index contributed by atoms with van der Waals surface area (Å²) in [6, 6.07) is 5.88. The number of hydrogen-bond acceptors (Lipinski definition) is 6. The van der Waals surface area contributed by atoms with Crippen molar-refractivity contribution >= 4 is 23.7 Å². The van der Waals surface area contributed by atoms with Crippen molar-refractivity contribution in [1.82, 2.24) is 19.5 Å². The van der Waals surface area contributed by atoms with Gasteiger partial charge in [-0.3, -0.25) is 14.4 Å². The van der Waals surface area contributed by atoms with Gasteiger partial charge < -0.3 is 14.3 Å². The van der Waals surface area contributed by atoms with Gasteiger partial charge in [-0.15, -0.1) is 0 Å². The molecule has 1 aliphatic carbocycles. The van der Waals surface area contributed by atoms with Crippen LogP contribution in [0.15, 0.2) is 36.8 Å². The predicted octanol–water partition coefficient (Wildman–Crippen LogP) is 1.62. The highest BCUT2D eigenvalue weighted by atomic mass is 16.7. The van der Waals surface area contributed by atoms with Crippen LogP contribution in [0.2, 0.25) is 0 Å². The number of rotatable bonds is 4. The second-order valence-electron chi connectivity index (χ2n) is 7.91. The molecule has 2 aromatic rings. The average Bonchev–Trinajstić information content (AvgIpc) is 3.45. The summed E-state index contributed by atoms with van der Waals surface area (Å²) < 4.78 is 1.78. The smallest absolute Gasteiger partial charge is 0.336 e. The molecular weight excluding hydrogens is 388 g/mol. The molecule has 1 saturated heterocycles. The Morgan fingerprint density at radius 3 is 2.30 bits per heavy atom. The highest BCUT2D eigenvalue weighted by Gasteiger charge is 2.49. The topological polar surface area (TPSA) is 102 Å². The maximum atomic E-state index is 13.2. The predicted molar refractivity (Wildman–Crippen MR) is 102 cm³/mol. The molecule has 9 heteroatoms. The minimum atomic E-state index is -0.706. The fraction of sp³-hybridized carbons (Fsp3) is 0.381. The van der Waals surface area contributed by atoms with Crippen molar-refractivity contribution in [3.05, 3.63) is 53.6 Å². The van der Waals surface area contributed by atoms with Crippen LogP contribution in [0.5, 0.6) is 0 Å². The number of aromatic nitrogens is 2. The van der Waals surface area contributed by atoms with Crippen LogP contribution >= 0.6 is 0 Å². The van der Waals surface area contributed by atoms with Crippen molar-refractivity contribution < 1.29 is 24.0 Å². The molecule has 2 fully saturated rings. The number of hydrogen-bond donors (Lipinski definition) is 0. The van der Waals surface area contributed by atoms with Crippen LogP contribution in [0.1, 0.15) is 58.1 Å². The Morgan fingerprint density at radius 1 is 1.07 bits per heavy atom. The van der Waals surface area contributed by atoms with E-state index in [2.05, 4.69) is 4.98 Å². The number of likely N-dealkylation sites (tertiary alicyclic amines) is 1. The quantitative estimate of drug-likeness (QED) is 0.713. The van der Waals surface area contributed by atoms with Crippen molar-refractivity contribution in [2.45, 2.75) is 37.8 Å². The molecule has 0 spiro atoms. The first-order valence-electron chi connectivity index (χ1n) is 9.94. The number of imide groups is 1. The van der Waals surface area contributed by atoms with Gasteiger partial charge in [-0.2, -0.15) is 0 Å². The number of hydroxylamine groups is 2. The largest absolute Gasteiger partial charge is 0.338 e. The number of imidazole rings is 1.